The first kappa shape index (κ1) is 13.3. The normalized spacial score (nSPS) is 9.94. The van der Waals surface area contributed by atoms with E-state index in [0.29, 0.717) is 6.54 Å². The Morgan fingerprint density at radius 3 is 2.35 bits per heavy atom. The first-order chi connectivity index (χ1) is 8.09. The van der Waals surface area contributed by atoms with E-state index < -0.39 is 5.97 Å². The molecule has 0 aliphatic rings. The van der Waals surface area contributed by atoms with Crippen LogP contribution in [0.3, 0.4) is 0 Å². The van der Waals surface area contributed by atoms with Gasteiger partial charge in [-0.3, -0.25) is 4.79 Å². The van der Waals surface area contributed by atoms with Gasteiger partial charge in [-0.05, 0) is 25.5 Å². The molecule has 0 saturated carbocycles. The first-order valence-electron chi connectivity index (χ1n) is 5.76. The van der Waals surface area contributed by atoms with Crippen LogP contribution in [-0.4, -0.2) is 24.2 Å². The Labute approximate surface area is 102 Å². The predicted molar refractivity (Wildman–Crippen MR) is 70.3 cm³/mol. The molecule has 1 rings (SSSR count). The number of carbonyl (C=O) groups is 1. The SMILES string of the molecule is C=C(C)CCN(CCC(=O)O)c1ccccc1. The number of aliphatic carboxylic acids is 1. The van der Waals surface area contributed by atoms with Crippen LogP contribution >= 0.6 is 0 Å². The molecule has 1 aromatic rings. The summed E-state index contributed by atoms with van der Waals surface area (Å²) in [7, 11) is 0. The van der Waals surface area contributed by atoms with E-state index in [2.05, 4.69) is 11.5 Å². The van der Waals surface area contributed by atoms with Crippen molar-refractivity contribution in [2.75, 3.05) is 18.0 Å². The lowest BCUT2D eigenvalue weighted by atomic mass is 10.2. The highest BCUT2D eigenvalue weighted by Gasteiger charge is 2.08. The van der Waals surface area contributed by atoms with Gasteiger partial charge in [-0.25, -0.2) is 0 Å². The molecule has 1 aromatic carbocycles. The molecule has 0 aromatic heterocycles. The average Bonchev–Trinajstić information content (AvgIpc) is 2.29. The monoisotopic (exact) mass is 233 g/mol. The molecule has 0 saturated heterocycles. The number of rotatable bonds is 7. The molecule has 0 radical (unpaired) electrons. The highest BCUT2D eigenvalue weighted by molar-refractivity contribution is 5.67. The number of carboxylic acids is 1. The average molecular weight is 233 g/mol. The quantitative estimate of drug-likeness (QED) is 0.736. The third kappa shape index (κ3) is 5.20. The largest absolute Gasteiger partial charge is 0.481 e. The van der Waals surface area contributed by atoms with Crippen LogP contribution in [0.4, 0.5) is 5.69 Å². The summed E-state index contributed by atoms with van der Waals surface area (Å²) in [4.78, 5) is 12.7. The zero-order valence-corrected chi connectivity index (χ0v) is 10.2. The number of anilines is 1. The molecule has 0 amide bonds. The Morgan fingerprint density at radius 1 is 1.24 bits per heavy atom. The van der Waals surface area contributed by atoms with E-state index in [1.807, 2.05) is 37.3 Å². The lowest BCUT2D eigenvalue weighted by molar-refractivity contribution is -0.136. The Bertz CT molecular complexity index is 355. The second kappa shape index (κ2) is 6.74. The van der Waals surface area contributed by atoms with E-state index in [4.69, 9.17) is 5.11 Å². The summed E-state index contributed by atoms with van der Waals surface area (Å²) in [5.74, 6) is -0.763. The van der Waals surface area contributed by atoms with Crippen molar-refractivity contribution in [1.82, 2.24) is 0 Å². The highest BCUT2D eigenvalue weighted by Crippen LogP contribution is 2.15. The van der Waals surface area contributed by atoms with Gasteiger partial charge in [-0.1, -0.05) is 23.8 Å². The Morgan fingerprint density at radius 2 is 1.82 bits per heavy atom. The van der Waals surface area contributed by atoms with Crippen LogP contribution in [0.5, 0.6) is 0 Å². The van der Waals surface area contributed by atoms with Crippen LogP contribution < -0.4 is 4.90 Å². The minimum absolute atomic E-state index is 0.158. The van der Waals surface area contributed by atoms with Crippen LogP contribution in [0.2, 0.25) is 0 Å². The summed E-state index contributed by atoms with van der Waals surface area (Å²) in [5.41, 5.74) is 2.18. The van der Waals surface area contributed by atoms with Crippen molar-refractivity contribution in [3.63, 3.8) is 0 Å². The lowest BCUT2D eigenvalue weighted by Crippen LogP contribution is -2.27. The number of hydrogen-bond donors (Lipinski definition) is 1. The molecular weight excluding hydrogens is 214 g/mol. The standard InChI is InChI=1S/C14H19NO2/c1-12(2)8-10-15(11-9-14(16)17)13-6-4-3-5-7-13/h3-7H,1,8-11H2,2H3,(H,16,17). The second-order valence-corrected chi connectivity index (χ2v) is 4.17. The summed E-state index contributed by atoms with van der Waals surface area (Å²) >= 11 is 0. The summed E-state index contributed by atoms with van der Waals surface area (Å²) in [6, 6.07) is 9.88. The first-order valence-corrected chi connectivity index (χ1v) is 5.76. The van der Waals surface area contributed by atoms with Crippen molar-refractivity contribution < 1.29 is 9.90 Å². The van der Waals surface area contributed by atoms with E-state index in [9.17, 15) is 4.79 Å². The fourth-order valence-electron chi connectivity index (χ4n) is 1.57. The molecule has 1 N–H and O–H groups in total. The topological polar surface area (TPSA) is 40.5 Å². The molecule has 0 bridgehead atoms. The summed E-state index contributed by atoms with van der Waals surface area (Å²) in [5, 5.41) is 8.74. The second-order valence-electron chi connectivity index (χ2n) is 4.17. The number of carboxylic acid groups (broad SMARTS) is 1. The van der Waals surface area contributed by atoms with Crippen molar-refractivity contribution >= 4 is 11.7 Å². The maximum Gasteiger partial charge on any atom is 0.305 e. The van der Waals surface area contributed by atoms with E-state index in [1.165, 1.54) is 0 Å². The van der Waals surface area contributed by atoms with E-state index in [0.717, 1.165) is 24.2 Å². The fourth-order valence-corrected chi connectivity index (χ4v) is 1.57. The minimum atomic E-state index is -0.763. The summed E-state index contributed by atoms with van der Waals surface area (Å²) in [6.45, 7) is 7.21. The van der Waals surface area contributed by atoms with Crippen LogP contribution in [-0.2, 0) is 4.79 Å². The lowest BCUT2D eigenvalue weighted by Gasteiger charge is -2.24. The Hall–Kier alpha value is -1.77. The van der Waals surface area contributed by atoms with Gasteiger partial charge in [0.05, 0.1) is 6.42 Å². The van der Waals surface area contributed by atoms with Crippen molar-refractivity contribution in [3.05, 3.63) is 42.5 Å². The molecule has 3 heteroatoms. The van der Waals surface area contributed by atoms with Crippen LogP contribution in [0.15, 0.2) is 42.5 Å². The molecule has 92 valence electrons. The van der Waals surface area contributed by atoms with Gasteiger partial charge in [0.15, 0.2) is 0 Å². The number of para-hydroxylation sites is 1. The van der Waals surface area contributed by atoms with E-state index in [-0.39, 0.29) is 6.42 Å². The van der Waals surface area contributed by atoms with Gasteiger partial charge in [0.2, 0.25) is 0 Å². The molecule has 0 fully saturated rings. The summed E-state index contributed by atoms with van der Waals surface area (Å²) < 4.78 is 0. The van der Waals surface area contributed by atoms with Crippen molar-refractivity contribution in [1.29, 1.82) is 0 Å². The Balaban J connectivity index is 2.64. The molecule has 0 aliphatic carbocycles. The molecule has 3 nitrogen and oxygen atoms in total. The maximum absolute atomic E-state index is 10.6. The number of nitrogens with zero attached hydrogens (tertiary/aromatic N) is 1. The highest BCUT2D eigenvalue weighted by atomic mass is 16.4. The van der Waals surface area contributed by atoms with Gasteiger partial charge in [0, 0.05) is 18.8 Å². The molecule has 0 unspecified atom stereocenters. The summed E-state index contributed by atoms with van der Waals surface area (Å²) in [6.07, 6.45) is 1.04. The predicted octanol–water partition coefficient (Wildman–Crippen LogP) is 2.93. The Kier molecular flexibility index (Phi) is 5.27. The number of benzene rings is 1. The zero-order valence-electron chi connectivity index (χ0n) is 10.2. The maximum atomic E-state index is 10.6. The molecule has 0 atom stereocenters. The fraction of sp³-hybridized carbons (Fsp3) is 0.357. The molecular formula is C14H19NO2. The van der Waals surface area contributed by atoms with Gasteiger partial charge in [-0.2, -0.15) is 0 Å². The smallest absolute Gasteiger partial charge is 0.305 e. The third-order valence-corrected chi connectivity index (χ3v) is 2.53. The third-order valence-electron chi connectivity index (χ3n) is 2.53. The number of hydrogen-bond acceptors (Lipinski definition) is 2. The van der Waals surface area contributed by atoms with Crippen molar-refractivity contribution in [3.8, 4) is 0 Å². The van der Waals surface area contributed by atoms with Crippen LogP contribution in [0.25, 0.3) is 0 Å². The minimum Gasteiger partial charge on any atom is -0.481 e. The van der Waals surface area contributed by atoms with Gasteiger partial charge >= 0.3 is 5.97 Å². The van der Waals surface area contributed by atoms with Crippen molar-refractivity contribution in [2.45, 2.75) is 19.8 Å². The van der Waals surface area contributed by atoms with E-state index in [1.54, 1.807) is 0 Å². The van der Waals surface area contributed by atoms with Gasteiger partial charge in [-0.15, -0.1) is 6.58 Å². The molecule has 0 aliphatic heterocycles. The van der Waals surface area contributed by atoms with Gasteiger partial charge in [0.25, 0.3) is 0 Å². The van der Waals surface area contributed by atoms with Crippen LogP contribution in [0, 0.1) is 0 Å². The molecule has 17 heavy (non-hydrogen) atoms. The van der Waals surface area contributed by atoms with Crippen molar-refractivity contribution in [2.24, 2.45) is 0 Å². The van der Waals surface area contributed by atoms with Gasteiger partial charge < -0.3 is 10.0 Å². The molecule has 0 spiro atoms. The van der Waals surface area contributed by atoms with E-state index >= 15 is 0 Å². The van der Waals surface area contributed by atoms with Crippen LogP contribution in [0.1, 0.15) is 19.8 Å². The van der Waals surface area contributed by atoms with Gasteiger partial charge in [0.1, 0.15) is 0 Å². The molecule has 0 heterocycles. The zero-order chi connectivity index (χ0) is 12.7.